The first-order valence-corrected chi connectivity index (χ1v) is 6.52. The van der Waals surface area contributed by atoms with Gasteiger partial charge in [-0.1, -0.05) is 20.8 Å². The smallest absolute Gasteiger partial charge is 0.0935 e. The summed E-state index contributed by atoms with van der Waals surface area (Å²) in [6.45, 7) is 10.5. The lowest BCUT2D eigenvalue weighted by Crippen LogP contribution is -2.54. The van der Waals surface area contributed by atoms with Crippen LogP contribution in [0.25, 0.3) is 0 Å². The number of aliphatic hydroxyl groups is 1. The molecule has 0 saturated carbocycles. The highest BCUT2D eigenvalue weighted by atomic mass is 16.3. The molecular formula is C14H25NO2. The van der Waals surface area contributed by atoms with Gasteiger partial charge in [0.25, 0.3) is 0 Å². The van der Waals surface area contributed by atoms with Crippen LogP contribution in [-0.4, -0.2) is 34.7 Å². The summed E-state index contributed by atoms with van der Waals surface area (Å²) in [6, 6.07) is 1.92. The van der Waals surface area contributed by atoms with E-state index in [1.165, 1.54) is 0 Å². The molecular weight excluding hydrogens is 214 g/mol. The van der Waals surface area contributed by atoms with Crippen molar-refractivity contribution in [2.24, 2.45) is 0 Å². The molecule has 0 spiro atoms. The molecule has 0 aliphatic rings. The van der Waals surface area contributed by atoms with Crippen molar-refractivity contribution in [2.75, 3.05) is 13.1 Å². The first-order chi connectivity index (χ1) is 8.08. The van der Waals surface area contributed by atoms with E-state index >= 15 is 0 Å². The van der Waals surface area contributed by atoms with Crippen LogP contribution in [0.4, 0.5) is 0 Å². The van der Waals surface area contributed by atoms with E-state index < -0.39 is 0 Å². The molecule has 0 radical (unpaired) electrons. The van der Waals surface area contributed by atoms with Crippen molar-refractivity contribution in [3.8, 4) is 0 Å². The molecule has 3 nitrogen and oxygen atoms in total. The van der Waals surface area contributed by atoms with Gasteiger partial charge in [-0.25, -0.2) is 0 Å². The average Bonchev–Trinajstić information content (AvgIpc) is 2.82. The Morgan fingerprint density at radius 1 is 1.35 bits per heavy atom. The molecule has 2 atom stereocenters. The number of aliphatic hydroxyl groups excluding tert-OH is 1. The third-order valence-corrected chi connectivity index (χ3v) is 3.93. The summed E-state index contributed by atoms with van der Waals surface area (Å²) in [6.07, 6.45) is 4.58. The fraction of sp³-hybridized carbons (Fsp3) is 0.714. The van der Waals surface area contributed by atoms with E-state index in [4.69, 9.17) is 4.42 Å². The summed E-state index contributed by atoms with van der Waals surface area (Å²) in [5.41, 5.74) is 0.894. The van der Waals surface area contributed by atoms with Crippen molar-refractivity contribution in [1.82, 2.24) is 4.90 Å². The molecule has 0 amide bonds. The van der Waals surface area contributed by atoms with Gasteiger partial charge >= 0.3 is 0 Å². The average molecular weight is 239 g/mol. The van der Waals surface area contributed by atoms with Crippen LogP contribution in [0.2, 0.25) is 0 Å². The fourth-order valence-corrected chi connectivity index (χ4v) is 2.47. The van der Waals surface area contributed by atoms with Crippen molar-refractivity contribution in [1.29, 1.82) is 0 Å². The lowest BCUT2D eigenvalue weighted by molar-refractivity contribution is -0.0190. The van der Waals surface area contributed by atoms with Crippen LogP contribution in [0.15, 0.2) is 23.0 Å². The van der Waals surface area contributed by atoms with Crippen LogP contribution < -0.4 is 0 Å². The van der Waals surface area contributed by atoms with E-state index in [9.17, 15) is 5.11 Å². The first kappa shape index (κ1) is 14.3. The van der Waals surface area contributed by atoms with Crippen LogP contribution in [0.5, 0.6) is 0 Å². The van der Waals surface area contributed by atoms with Crippen LogP contribution in [0.1, 0.15) is 39.7 Å². The molecule has 0 aliphatic heterocycles. The van der Waals surface area contributed by atoms with Crippen molar-refractivity contribution >= 4 is 0 Å². The molecule has 1 rings (SSSR count). The third-order valence-electron chi connectivity index (χ3n) is 3.93. The van der Waals surface area contributed by atoms with E-state index in [2.05, 4.69) is 32.6 Å². The normalized spacial score (nSPS) is 17.1. The van der Waals surface area contributed by atoms with Gasteiger partial charge in [-0.05, 0) is 38.1 Å². The van der Waals surface area contributed by atoms with Gasteiger partial charge in [-0.2, -0.15) is 0 Å². The Balaban J connectivity index is 2.77. The quantitative estimate of drug-likeness (QED) is 0.795. The maximum atomic E-state index is 10.5. The predicted molar refractivity (Wildman–Crippen MR) is 70.0 cm³/mol. The molecule has 0 saturated heterocycles. The molecule has 2 unspecified atom stereocenters. The van der Waals surface area contributed by atoms with Gasteiger partial charge in [0.2, 0.25) is 0 Å². The maximum Gasteiger partial charge on any atom is 0.0935 e. The fourth-order valence-electron chi connectivity index (χ4n) is 2.47. The maximum absolute atomic E-state index is 10.5. The van der Waals surface area contributed by atoms with Crippen LogP contribution in [0, 0.1) is 0 Å². The lowest BCUT2D eigenvalue weighted by Gasteiger charge is -2.43. The van der Waals surface area contributed by atoms with Crippen molar-refractivity contribution in [2.45, 2.75) is 52.2 Å². The molecule has 1 N–H and O–H groups in total. The van der Waals surface area contributed by atoms with E-state index in [1.807, 2.05) is 6.07 Å². The number of hydrogen-bond donors (Lipinski definition) is 1. The van der Waals surface area contributed by atoms with Crippen LogP contribution >= 0.6 is 0 Å². The summed E-state index contributed by atoms with van der Waals surface area (Å²) >= 11 is 0. The van der Waals surface area contributed by atoms with Crippen molar-refractivity contribution < 1.29 is 9.52 Å². The van der Waals surface area contributed by atoms with Crippen molar-refractivity contribution in [3.05, 3.63) is 24.2 Å². The summed E-state index contributed by atoms with van der Waals surface area (Å²) in [5.74, 6) is 0. The summed E-state index contributed by atoms with van der Waals surface area (Å²) in [5, 5.41) is 10.5. The van der Waals surface area contributed by atoms with Crippen molar-refractivity contribution in [3.63, 3.8) is 0 Å². The number of rotatable bonds is 7. The van der Waals surface area contributed by atoms with Gasteiger partial charge in [0.15, 0.2) is 0 Å². The predicted octanol–water partition coefficient (Wildman–Crippen LogP) is 2.69. The van der Waals surface area contributed by atoms with Gasteiger partial charge < -0.3 is 9.52 Å². The molecule has 1 heterocycles. The van der Waals surface area contributed by atoms with Crippen LogP contribution in [0.3, 0.4) is 0 Å². The molecule has 0 aromatic carbocycles. The number of hydrogen-bond acceptors (Lipinski definition) is 3. The third kappa shape index (κ3) is 3.11. The van der Waals surface area contributed by atoms with Gasteiger partial charge in [-0.3, -0.25) is 4.90 Å². The second-order valence-electron chi connectivity index (χ2n) is 4.73. The molecule has 17 heavy (non-hydrogen) atoms. The van der Waals surface area contributed by atoms with E-state index in [1.54, 1.807) is 12.5 Å². The minimum absolute atomic E-state index is 0.166. The topological polar surface area (TPSA) is 36.6 Å². The highest BCUT2D eigenvalue weighted by molar-refractivity contribution is 5.09. The molecule has 0 bridgehead atoms. The first-order valence-electron chi connectivity index (χ1n) is 6.52. The van der Waals surface area contributed by atoms with Crippen LogP contribution in [-0.2, 0) is 6.42 Å². The largest absolute Gasteiger partial charge is 0.472 e. The van der Waals surface area contributed by atoms with Gasteiger partial charge in [-0.15, -0.1) is 0 Å². The molecule has 1 aromatic rings. The minimum Gasteiger partial charge on any atom is -0.472 e. The Labute approximate surface area is 104 Å². The minimum atomic E-state index is -0.370. The SMILES string of the molecule is CCN(CC)C(C)(CC)C(O)Cc1ccoc1. The Morgan fingerprint density at radius 2 is 2.00 bits per heavy atom. The van der Waals surface area contributed by atoms with Gasteiger partial charge in [0, 0.05) is 12.0 Å². The van der Waals surface area contributed by atoms with E-state index in [0.29, 0.717) is 6.42 Å². The number of likely N-dealkylation sites (N-methyl/N-ethyl adjacent to an activating group) is 1. The molecule has 98 valence electrons. The Morgan fingerprint density at radius 3 is 2.41 bits per heavy atom. The second-order valence-corrected chi connectivity index (χ2v) is 4.73. The highest BCUT2D eigenvalue weighted by Crippen LogP contribution is 2.26. The van der Waals surface area contributed by atoms with Gasteiger partial charge in [0.1, 0.15) is 0 Å². The summed E-state index contributed by atoms with van der Waals surface area (Å²) in [7, 11) is 0. The summed E-state index contributed by atoms with van der Waals surface area (Å²) < 4.78 is 5.05. The van der Waals surface area contributed by atoms with E-state index in [-0.39, 0.29) is 11.6 Å². The molecule has 0 fully saturated rings. The second kappa shape index (κ2) is 6.22. The summed E-state index contributed by atoms with van der Waals surface area (Å²) in [4.78, 5) is 2.33. The monoisotopic (exact) mass is 239 g/mol. The zero-order chi connectivity index (χ0) is 12.9. The number of furan rings is 1. The Hall–Kier alpha value is -0.800. The Kier molecular flexibility index (Phi) is 5.22. The molecule has 1 aromatic heterocycles. The standard InChI is InChI=1S/C14H25NO2/c1-5-14(4,15(6-2)7-3)13(16)10-12-8-9-17-11-12/h8-9,11,13,16H,5-7,10H2,1-4H3. The van der Waals surface area contributed by atoms with Gasteiger partial charge in [0.05, 0.1) is 18.6 Å². The zero-order valence-electron chi connectivity index (χ0n) is 11.4. The Bertz CT molecular complexity index is 306. The molecule has 3 heteroatoms. The molecule has 0 aliphatic carbocycles. The van der Waals surface area contributed by atoms with E-state index in [0.717, 1.165) is 25.1 Å². The number of nitrogens with zero attached hydrogens (tertiary/aromatic N) is 1. The lowest BCUT2D eigenvalue weighted by atomic mass is 9.86. The zero-order valence-corrected chi connectivity index (χ0v) is 11.4. The highest BCUT2D eigenvalue weighted by Gasteiger charge is 2.35.